The van der Waals surface area contributed by atoms with Crippen LogP contribution in [0, 0.1) is 50.4 Å². The van der Waals surface area contributed by atoms with E-state index in [-0.39, 0.29) is 39.9 Å². The van der Waals surface area contributed by atoms with E-state index in [2.05, 4.69) is 26.6 Å². The third-order valence-corrected chi connectivity index (χ3v) is 14.1. The second-order valence-electron chi connectivity index (χ2n) is 20.5. The molecule has 0 aliphatic carbocycles. The van der Waals surface area contributed by atoms with Gasteiger partial charge in [0.05, 0.1) is 56.1 Å². The van der Waals surface area contributed by atoms with E-state index >= 15 is 0 Å². The third kappa shape index (κ3) is 11.5. The number of carbonyl (C=O) groups is 2. The molecule has 0 bridgehead atoms. The molecule has 7 rings (SSSR count). The van der Waals surface area contributed by atoms with E-state index < -0.39 is 32.3 Å². The SMILES string of the molecule is CC1(C)OB(B2OC(C)(C)C(C)(C)O2)OC1(C)C.Cc1cc(B2OC(C)(C)C(C)(C)O2)cc(C)c1NC(=O)c1ccc(C#N)c(N)c1.Cc1cc(Br)cc(C)c1NC(=O)c1ccc(C#N)c(N)c1. The van der Waals surface area contributed by atoms with Gasteiger partial charge in [-0.15, -0.1) is 0 Å². The molecule has 0 radical (unpaired) electrons. The highest BCUT2D eigenvalue weighted by Gasteiger charge is 2.63. The minimum Gasteiger partial charge on any atom is -0.405 e. The quantitative estimate of drug-likeness (QED) is 0.105. The second kappa shape index (κ2) is 19.7. The minimum atomic E-state index is -0.476. The molecule has 3 heterocycles. The van der Waals surface area contributed by atoms with Gasteiger partial charge in [0.2, 0.25) is 0 Å². The van der Waals surface area contributed by atoms with Gasteiger partial charge in [0.25, 0.3) is 11.8 Å². The number of nitrogen functional groups attached to an aromatic ring is 2. The summed E-state index contributed by atoms with van der Waals surface area (Å²) in [6, 6.07) is 21.1. The molecule has 3 fully saturated rings. The molecule has 2 amide bonds. The molecule has 18 heteroatoms. The number of nitrogens with two attached hydrogens (primary N) is 2. The van der Waals surface area contributed by atoms with Crippen LogP contribution in [-0.4, -0.2) is 66.6 Å². The number of nitrogens with one attached hydrogen (secondary N) is 2. The van der Waals surface area contributed by atoms with Gasteiger partial charge in [-0.3, -0.25) is 9.59 Å². The van der Waals surface area contributed by atoms with E-state index in [0.717, 1.165) is 43.6 Å². The van der Waals surface area contributed by atoms with Crippen LogP contribution >= 0.6 is 15.9 Å². The summed E-state index contributed by atoms with van der Waals surface area (Å²) in [5, 5.41) is 23.7. The molecule has 3 saturated heterocycles. The Morgan fingerprint density at radius 3 is 1.10 bits per heavy atom. The number of hydrogen-bond donors (Lipinski definition) is 4. The van der Waals surface area contributed by atoms with Crippen molar-refractivity contribution in [3.63, 3.8) is 0 Å². The number of rotatable bonds is 6. The summed E-state index contributed by atoms with van der Waals surface area (Å²) in [6.45, 7) is 32.0. The highest BCUT2D eigenvalue weighted by atomic mass is 79.9. The number of hydrogen-bond acceptors (Lipinski definition) is 12. The smallest absolute Gasteiger partial charge is 0.405 e. The first kappa shape index (κ1) is 53.8. The van der Waals surface area contributed by atoms with Gasteiger partial charge in [-0.2, -0.15) is 10.5 Å². The summed E-state index contributed by atoms with van der Waals surface area (Å²) in [6.07, 6.45) is 0. The lowest BCUT2D eigenvalue weighted by atomic mass is 9.49. The van der Waals surface area contributed by atoms with Crippen molar-refractivity contribution in [1.29, 1.82) is 10.5 Å². The molecule has 0 atom stereocenters. The molecule has 68 heavy (non-hydrogen) atoms. The highest BCUT2D eigenvalue weighted by molar-refractivity contribution is 9.10. The minimum absolute atomic E-state index is 0.250. The maximum atomic E-state index is 12.7. The van der Waals surface area contributed by atoms with Gasteiger partial charge in [-0.05, 0) is 187 Å². The van der Waals surface area contributed by atoms with Gasteiger partial charge >= 0.3 is 21.1 Å². The first-order valence-corrected chi connectivity index (χ1v) is 23.2. The summed E-state index contributed by atoms with van der Waals surface area (Å²) in [5.74, 6) is -0.532. The van der Waals surface area contributed by atoms with Gasteiger partial charge in [0.1, 0.15) is 12.1 Å². The number of halogens is 1. The van der Waals surface area contributed by atoms with Crippen LogP contribution < -0.4 is 27.6 Å². The maximum absolute atomic E-state index is 12.7. The van der Waals surface area contributed by atoms with Crippen LogP contribution in [-0.2, 0) is 27.9 Å². The zero-order chi connectivity index (χ0) is 51.1. The van der Waals surface area contributed by atoms with Gasteiger partial charge in [0.15, 0.2) is 0 Å². The van der Waals surface area contributed by atoms with Crippen LogP contribution in [0.1, 0.15) is 137 Å². The summed E-state index contributed by atoms with van der Waals surface area (Å²) >= 11 is 3.42. The van der Waals surface area contributed by atoms with Crippen molar-refractivity contribution in [3.05, 3.63) is 110 Å². The van der Waals surface area contributed by atoms with Crippen molar-refractivity contribution in [1.82, 2.24) is 0 Å². The molecule has 6 N–H and O–H groups in total. The second-order valence-corrected chi connectivity index (χ2v) is 21.4. The number of carbonyl (C=O) groups excluding carboxylic acids is 2. The molecule has 4 aromatic carbocycles. The molecule has 0 saturated carbocycles. The van der Waals surface area contributed by atoms with Gasteiger partial charge < -0.3 is 50.0 Å². The monoisotopic (exact) mass is 988 g/mol. The lowest BCUT2D eigenvalue weighted by Gasteiger charge is -2.32. The Labute approximate surface area is 411 Å². The molecule has 3 aliphatic rings. The van der Waals surface area contributed by atoms with Crippen LogP contribution in [0.5, 0.6) is 0 Å². The maximum Gasteiger partial charge on any atom is 0.494 e. The topological polar surface area (TPSA) is 213 Å². The molecule has 4 aromatic rings. The summed E-state index contributed by atoms with van der Waals surface area (Å²) in [5.41, 5.74) is 17.6. The summed E-state index contributed by atoms with van der Waals surface area (Å²) < 4.78 is 37.1. The van der Waals surface area contributed by atoms with Crippen molar-refractivity contribution in [2.45, 2.75) is 144 Å². The molecular formula is C50H64B3BrN6O8. The van der Waals surface area contributed by atoms with E-state index in [1.807, 2.05) is 147 Å². The van der Waals surface area contributed by atoms with Crippen LogP contribution in [0.15, 0.2) is 65.1 Å². The average molecular weight is 989 g/mol. The number of anilines is 4. The molecular weight excluding hydrogens is 925 g/mol. The largest absolute Gasteiger partial charge is 0.494 e. The van der Waals surface area contributed by atoms with Gasteiger partial charge in [-0.1, -0.05) is 28.1 Å². The van der Waals surface area contributed by atoms with E-state index in [1.165, 1.54) is 12.1 Å². The molecule has 3 aliphatic heterocycles. The first-order valence-electron chi connectivity index (χ1n) is 22.4. The van der Waals surface area contributed by atoms with E-state index in [4.69, 9.17) is 49.9 Å². The van der Waals surface area contributed by atoms with E-state index in [9.17, 15) is 9.59 Å². The highest BCUT2D eigenvalue weighted by Crippen LogP contribution is 2.43. The lowest BCUT2D eigenvalue weighted by molar-refractivity contribution is 0.00578. The number of benzene rings is 4. The Bertz CT molecular complexity index is 2570. The summed E-state index contributed by atoms with van der Waals surface area (Å²) in [7, 11) is -1.41. The normalized spacial score (nSPS) is 18.8. The van der Waals surface area contributed by atoms with Crippen LogP contribution in [0.4, 0.5) is 22.7 Å². The fourth-order valence-corrected chi connectivity index (χ4v) is 8.09. The molecule has 14 nitrogen and oxygen atoms in total. The Kier molecular flexibility index (Phi) is 15.6. The number of nitriles is 2. The summed E-state index contributed by atoms with van der Waals surface area (Å²) in [4.78, 5) is 25.0. The van der Waals surface area contributed by atoms with Crippen molar-refractivity contribution in [2.75, 3.05) is 22.1 Å². The zero-order valence-electron chi connectivity index (χ0n) is 42.2. The molecule has 358 valence electrons. The number of nitrogens with zero attached hydrogens (tertiary/aromatic N) is 2. The lowest BCUT2D eigenvalue weighted by Crippen LogP contribution is -2.41. The predicted octanol–water partition coefficient (Wildman–Crippen LogP) is 9.33. The Balaban J connectivity index is 0.000000197. The third-order valence-electron chi connectivity index (χ3n) is 13.7. The predicted molar refractivity (Wildman–Crippen MR) is 274 cm³/mol. The van der Waals surface area contributed by atoms with Crippen LogP contribution in [0.25, 0.3) is 0 Å². The first-order chi connectivity index (χ1) is 31.2. The van der Waals surface area contributed by atoms with E-state index in [0.29, 0.717) is 27.9 Å². The van der Waals surface area contributed by atoms with Crippen molar-refractivity contribution >= 4 is 77.1 Å². The number of amides is 2. The Morgan fingerprint density at radius 2 is 0.809 bits per heavy atom. The fourth-order valence-electron chi connectivity index (χ4n) is 7.40. The molecule has 0 spiro atoms. The Hall–Kier alpha value is -5.17. The van der Waals surface area contributed by atoms with E-state index in [1.54, 1.807) is 24.3 Å². The Morgan fingerprint density at radius 1 is 0.515 bits per heavy atom. The van der Waals surface area contributed by atoms with Crippen LogP contribution in [0.3, 0.4) is 0 Å². The van der Waals surface area contributed by atoms with Gasteiger partial charge in [0, 0.05) is 27.0 Å². The average Bonchev–Trinajstić information content (AvgIpc) is 3.69. The number of aryl methyl sites for hydroxylation is 4. The van der Waals surface area contributed by atoms with Crippen molar-refractivity contribution < 1.29 is 37.5 Å². The zero-order valence-corrected chi connectivity index (χ0v) is 43.8. The van der Waals surface area contributed by atoms with Gasteiger partial charge in [-0.25, -0.2) is 0 Å². The van der Waals surface area contributed by atoms with Crippen molar-refractivity contribution in [2.24, 2.45) is 0 Å². The van der Waals surface area contributed by atoms with Crippen LogP contribution in [0.2, 0.25) is 0 Å². The fraction of sp³-hybridized carbons (Fsp3) is 0.440. The standard InChI is InChI=1S/C22H26BN3O3.C16H14BrN3O.C12H24B2O4/c1-13-9-17(23-28-21(3,4)22(5,6)29-23)10-14(2)19(13)26-20(27)15-7-8-16(12-24)18(25)11-15;1-9-5-13(17)6-10(2)15(9)20-16(21)11-3-4-12(8-18)14(19)7-11;1-9(2)10(3,4)16-13(15-9)14-17-11(5,6)12(7,8)18-14/h7-11H,25H2,1-6H3,(H,26,27);3-7H,19H2,1-2H3,(H,20,21);1-8H3. The molecule has 0 unspecified atom stereocenters. The van der Waals surface area contributed by atoms with Crippen molar-refractivity contribution in [3.8, 4) is 12.1 Å². The molecule has 0 aromatic heterocycles.